The maximum absolute atomic E-state index is 13.0. The van der Waals surface area contributed by atoms with Gasteiger partial charge in [0.2, 0.25) is 0 Å². The Hall–Kier alpha value is -1.18. The lowest BCUT2D eigenvalue weighted by molar-refractivity contribution is 0.624. The van der Waals surface area contributed by atoms with Crippen LogP contribution in [0.15, 0.2) is 23.2 Å². The van der Waals surface area contributed by atoms with Crippen molar-refractivity contribution < 1.29 is 4.39 Å². The molecule has 2 rings (SSSR count). The lowest BCUT2D eigenvalue weighted by atomic mass is 9.90. The number of benzene rings is 1. The van der Waals surface area contributed by atoms with Crippen molar-refractivity contribution in [3.05, 3.63) is 35.1 Å². The van der Waals surface area contributed by atoms with Gasteiger partial charge in [0.15, 0.2) is 0 Å². The summed E-state index contributed by atoms with van der Waals surface area (Å²) in [5.74, 6) is -0.123. The van der Waals surface area contributed by atoms with E-state index in [1.807, 2.05) is 6.07 Å². The summed E-state index contributed by atoms with van der Waals surface area (Å²) in [4.78, 5) is 4.55. The SMILES string of the molecule is CCCN=C1CCc2cc(F)ccc2C1. The van der Waals surface area contributed by atoms with Crippen LogP contribution in [0.4, 0.5) is 4.39 Å². The molecule has 1 aliphatic rings. The van der Waals surface area contributed by atoms with Gasteiger partial charge in [-0.25, -0.2) is 4.39 Å². The van der Waals surface area contributed by atoms with Crippen LogP contribution in [0.3, 0.4) is 0 Å². The maximum atomic E-state index is 13.0. The van der Waals surface area contributed by atoms with Crippen molar-refractivity contribution in [2.75, 3.05) is 6.54 Å². The molecule has 0 saturated carbocycles. The zero-order chi connectivity index (χ0) is 10.7. The van der Waals surface area contributed by atoms with Crippen LogP contribution in [0.2, 0.25) is 0 Å². The average molecular weight is 205 g/mol. The van der Waals surface area contributed by atoms with Crippen molar-refractivity contribution in [3.63, 3.8) is 0 Å². The molecule has 0 amide bonds. The summed E-state index contributed by atoms with van der Waals surface area (Å²) in [6, 6.07) is 5.10. The Morgan fingerprint density at radius 3 is 2.93 bits per heavy atom. The van der Waals surface area contributed by atoms with Gasteiger partial charge in [-0.05, 0) is 42.5 Å². The highest BCUT2D eigenvalue weighted by molar-refractivity contribution is 5.88. The van der Waals surface area contributed by atoms with Crippen LogP contribution < -0.4 is 0 Å². The summed E-state index contributed by atoms with van der Waals surface area (Å²) in [5.41, 5.74) is 3.68. The number of halogens is 1. The molecule has 0 fully saturated rings. The third kappa shape index (κ3) is 2.44. The molecule has 0 spiro atoms. The summed E-state index contributed by atoms with van der Waals surface area (Å²) < 4.78 is 13.0. The minimum absolute atomic E-state index is 0.123. The lowest BCUT2D eigenvalue weighted by Crippen LogP contribution is -2.14. The van der Waals surface area contributed by atoms with Gasteiger partial charge in [0.25, 0.3) is 0 Å². The second kappa shape index (κ2) is 4.56. The molecule has 0 saturated heterocycles. The van der Waals surface area contributed by atoms with Crippen molar-refractivity contribution in [2.24, 2.45) is 4.99 Å². The van der Waals surface area contributed by atoms with Gasteiger partial charge in [0.05, 0.1) is 0 Å². The smallest absolute Gasteiger partial charge is 0.123 e. The van der Waals surface area contributed by atoms with Crippen LogP contribution in [-0.4, -0.2) is 12.3 Å². The van der Waals surface area contributed by atoms with Gasteiger partial charge >= 0.3 is 0 Å². The minimum atomic E-state index is -0.123. The second-order valence-corrected chi connectivity index (χ2v) is 4.04. The van der Waals surface area contributed by atoms with Crippen molar-refractivity contribution in [3.8, 4) is 0 Å². The highest BCUT2D eigenvalue weighted by Gasteiger charge is 2.13. The zero-order valence-corrected chi connectivity index (χ0v) is 9.09. The number of hydrogen-bond donors (Lipinski definition) is 0. The van der Waals surface area contributed by atoms with E-state index in [0.717, 1.165) is 37.8 Å². The van der Waals surface area contributed by atoms with E-state index in [0.29, 0.717) is 0 Å². The second-order valence-electron chi connectivity index (χ2n) is 4.04. The Labute approximate surface area is 90.0 Å². The van der Waals surface area contributed by atoms with Crippen molar-refractivity contribution in [1.29, 1.82) is 0 Å². The van der Waals surface area contributed by atoms with Gasteiger partial charge in [-0.1, -0.05) is 13.0 Å². The standard InChI is InChI=1S/C13H16FN/c1-2-7-15-13-6-4-10-8-12(14)5-3-11(10)9-13/h3,5,8H,2,4,6-7,9H2,1H3. The molecule has 0 N–H and O–H groups in total. The summed E-state index contributed by atoms with van der Waals surface area (Å²) in [7, 11) is 0. The van der Waals surface area contributed by atoms with Crippen LogP contribution in [0.5, 0.6) is 0 Å². The fourth-order valence-electron chi connectivity index (χ4n) is 1.99. The van der Waals surface area contributed by atoms with E-state index in [2.05, 4.69) is 11.9 Å². The third-order valence-electron chi connectivity index (χ3n) is 2.80. The van der Waals surface area contributed by atoms with E-state index in [1.54, 1.807) is 12.1 Å². The van der Waals surface area contributed by atoms with Gasteiger partial charge in [0, 0.05) is 18.7 Å². The van der Waals surface area contributed by atoms with E-state index >= 15 is 0 Å². The predicted molar refractivity (Wildman–Crippen MR) is 61.0 cm³/mol. The molecule has 15 heavy (non-hydrogen) atoms. The minimum Gasteiger partial charge on any atom is -0.294 e. The van der Waals surface area contributed by atoms with Gasteiger partial charge < -0.3 is 0 Å². The van der Waals surface area contributed by atoms with Crippen molar-refractivity contribution in [2.45, 2.75) is 32.6 Å². The Morgan fingerprint density at radius 1 is 1.27 bits per heavy atom. The maximum Gasteiger partial charge on any atom is 0.123 e. The first-order valence-corrected chi connectivity index (χ1v) is 5.59. The number of aryl methyl sites for hydroxylation is 1. The molecule has 1 aromatic rings. The fourth-order valence-corrected chi connectivity index (χ4v) is 1.99. The van der Waals surface area contributed by atoms with Gasteiger partial charge in [-0.15, -0.1) is 0 Å². The summed E-state index contributed by atoms with van der Waals surface area (Å²) in [6.45, 7) is 3.06. The molecule has 0 aliphatic heterocycles. The summed E-state index contributed by atoms with van der Waals surface area (Å²) >= 11 is 0. The average Bonchev–Trinajstić information content (AvgIpc) is 2.26. The van der Waals surface area contributed by atoms with Crippen molar-refractivity contribution >= 4 is 5.71 Å². The molecular formula is C13H16FN. The molecule has 0 heterocycles. The molecule has 2 heteroatoms. The first-order valence-electron chi connectivity index (χ1n) is 5.59. The lowest BCUT2D eigenvalue weighted by Gasteiger charge is -2.17. The molecule has 1 nitrogen and oxygen atoms in total. The number of hydrogen-bond acceptors (Lipinski definition) is 1. The third-order valence-corrected chi connectivity index (χ3v) is 2.80. The molecule has 0 bridgehead atoms. The Morgan fingerprint density at radius 2 is 2.13 bits per heavy atom. The fraction of sp³-hybridized carbons (Fsp3) is 0.462. The quantitative estimate of drug-likeness (QED) is 0.703. The van der Waals surface area contributed by atoms with E-state index < -0.39 is 0 Å². The number of fused-ring (bicyclic) bond motifs is 1. The van der Waals surface area contributed by atoms with Crippen LogP contribution in [-0.2, 0) is 12.8 Å². The molecule has 1 aromatic carbocycles. The summed E-state index contributed by atoms with van der Waals surface area (Å²) in [5, 5.41) is 0. The predicted octanol–water partition coefficient (Wildman–Crippen LogP) is 3.17. The van der Waals surface area contributed by atoms with Crippen LogP contribution in [0.25, 0.3) is 0 Å². The number of aliphatic imine (C=N–C) groups is 1. The highest BCUT2D eigenvalue weighted by Crippen LogP contribution is 2.20. The highest BCUT2D eigenvalue weighted by atomic mass is 19.1. The Balaban J connectivity index is 2.16. The molecular weight excluding hydrogens is 189 g/mol. The van der Waals surface area contributed by atoms with E-state index in [1.165, 1.54) is 11.3 Å². The van der Waals surface area contributed by atoms with Crippen molar-refractivity contribution in [1.82, 2.24) is 0 Å². The first kappa shape index (κ1) is 10.3. The van der Waals surface area contributed by atoms with Crippen LogP contribution >= 0.6 is 0 Å². The van der Waals surface area contributed by atoms with Crippen LogP contribution in [0.1, 0.15) is 30.9 Å². The molecule has 0 radical (unpaired) electrons. The van der Waals surface area contributed by atoms with Gasteiger partial charge in [0.1, 0.15) is 5.82 Å². The number of nitrogens with zero attached hydrogens (tertiary/aromatic N) is 1. The molecule has 0 atom stereocenters. The first-order chi connectivity index (χ1) is 7.29. The van der Waals surface area contributed by atoms with Gasteiger partial charge in [-0.3, -0.25) is 4.99 Å². The van der Waals surface area contributed by atoms with E-state index in [-0.39, 0.29) is 5.82 Å². The molecule has 80 valence electrons. The summed E-state index contributed by atoms with van der Waals surface area (Å²) in [6.07, 6.45) is 3.95. The largest absolute Gasteiger partial charge is 0.294 e. The number of rotatable bonds is 2. The topological polar surface area (TPSA) is 12.4 Å². The monoisotopic (exact) mass is 205 g/mol. The molecule has 1 aliphatic carbocycles. The Kier molecular flexibility index (Phi) is 3.14. The molecule has 0 unspecified atom stereocenters. The molecule has 0 aromatic heterocycles. The van der Waals surface area contributed by atoms with Gasteiger partial charge in [-0.2, -0.15) is 0 Å². The van der Waals surface area contributed by atoms with E-state index in [4.69, 9.17) is 0 Å². The Bertz CT molecular complexity index is 382. The van der Waals surface area contributed by atoms with E-state index in [9.17, 15) is 4.39 Å². The van der Waals surface area contributed by atoms with Crippen LogP contribution in [0, 0.1) is 5.82 Å². The zero-order valence-electron chi connectivity index (χ0n) is 9.09. The normalized spacial score (nSPS) is 17.9.